The summed E-state index contributed by atoms with van der Waals surface area (Å²) in [6, 6.07) is 6.44. The van der Waals surface area contributed by atoms with Crippen molar-refractivity contribution in [2.75, 3.05) is 0 Å². The zero-order chi connectivity index (χ0) is 19.5. The van der Waals surface area contributed by atoms with E-state index in [0.717, 1.165) is 0 Å². The van der Waals surface area contributed by atoms with Crippen molar-refractivity contribution in [3.05, 3.63) is 30.3 Å². The van der Waals surface area contributed by atoms with Crippen LogP contribution < -0.4 is 9.61 Å². The standard InChI is InChI=1S/C17H26F2NO4P/c1-12(2)23-15(21)13(3)20-25(22,17(18,19)16(4,5)6)24-14-10-8-7-9-11-14/h7-13H,1-6H3,(H,20,22). The van der Waals surface area contributed by atoms with Gasteiger partial charge in [0.1, 0.15) is 11.8 Å². The Kier molecular flexibility index (Phi) is 6.76. The maximum absolute atomic E-state index is 14.9. The third-order valence-corrected chi connectivity index (χ3v) is 5.92. The van der Waals surface area contributed by atoms with Crippen LogP contribution in [0, 0.1) is 5.41 Å². The first kappa shape index (κ1) is 21.6. The summed E-state index contributed by atoms with van der Waals surface area (Å²) in [5, 5.41) is 2.20. The Morgan fingerprint density at radius 1 is 1.12 bits per heavy atom. The van der Waals surface area contributed by atoms with Gasteiger partial charge in [0.2, 0.25) is 0 Å². The van der Waals surface area contributed by atoms with Gasteiger partial charge < -0.3 is 9.26 Å². The second-order valence-electron chi connectivity index (χ2n) is 7.08. The predicted octanol–water partition coefficient (Wildman–Crippen LogP) is 4.83. The van der Waals surface area contributed by atoms with Gasteiger partial charge in [-0.2, -0.15) is 8.78 Å². The molecule has 1 N–H and O–H groups in total. The number of hydrogen-bond donors (Lipinski definition) is 1. The van der Waals surface area contributed by atoms with Crippen LogP contribution in [0.5, 0.6) is 5.75 Å². The molecule has 0 saturated heterocycles. The van der Waals surface area contributed by atoms with Crippen molar-refractivity contribution in [3.8, 4) is 5.75 Å². The van der Waals surface area contributed by atoms with Crippen molar-refractivity contribution in [2.45, 2.75) is 59.4 Å². The van der Waals surface area contributed by atoms with Crippen molar-refractivity contribution in [2.24, 2.45) is 5.41 Å². The third kappa shape index (κ3) is 5.25. The molecular weight excluding hydrogens is 351 g/mol. The van der Waals surface area contributed by atoms with Crippen LogP contribution in [0.15, 0.2) is 30.3 Å². The minimum absolute atomic E-state index is 0.0201. The predicted molar refractivity (Wildman–Crippen MR) is 92.9 cm³/mol. The van der Waals surface area contributed by atoms with Crippen LogP contribution in [0.2, 0.25) is 0 Å². The number of carbonyl (C=O) groups is 1. The van der Waals surface area contributed by atoms with E-state index in [2.05, 4.69) is 5.09 Å². The van der Waals surface area contributed by atoms with Crippen molar-refractivity contribution in [3.63, 3.8) is 0 Å². The summed E-state index contributed by atoms with van der Waals surface area (Å²) in [6.07, 6.45) is -0.422. The number of hydrogen-bond acceptors (Lipinski definition) is 4. The molecule has 1 aromatic carbocycles. The molecule has 2 atom stereocenters. The molecule has 0 heterocycles. The molecule has 0 radical (unpaired) electrons. The summed E-state index contributed by atoms with van der Waals surface area (Å²) in [5.41, 5.74) is -5.39. The van der Waals surface area contributed by atoms with E-state index in [1.165, 1.54) is 39.8 Å². The molecule has 142 valence electrons. The molecule has 0 saturated carbocycles. The normalized spacial score (nSPS) is 16.2. The summed E-state index contributed by atoms with van der Waals surface area (Å²) in [7, 11) is -4.80. The minimum atomic E-state index is -4.80. The number of alkyl halides is 2. The summed E-state index contributed by atoms with van der Waals surface area (Å²) >= 11 is 0. The highest BCUT2D eigenvalue weighted by Crippen LogP contribution is 2.64. The second-order valence-corrected chi connectivity index (χ2v) is 9.19. The zero-order valence-electron chi connectivity index (χ0n) is 15.4. The summed E-state index contributed by atoms with van der Waals surface area (Å²) in [5.74, 6) is -0.761. The Morgan fingerprint density at radius 3 is 2.08 bits per heavy atom. The van der Waals surface area contributed by atoms with E-state index in [4.69, 9.17) is 9.26 Å². The molecule has 0 aromatic heterocycles. The lowest BCUT2D eigenvalue weighted by Gasteiger charge is -2.37. The minimum Gasteiger partial charge on any atom is -0.462 e. The molecule has 2 unspecified atom stereocenters. The molecule has 0 bridgehead atoms. The van der Waals surface area contributed by atoms with E-state index in [-0.39, 0.29) is 5.75 Å². The number of ether oxygens (including phenoxy) is 1. The summed E-state index contributed by atoms with van der Waals surface area (Å²) in [6.45, 7) is 8.35. The zero-order valence-corrected chi connectivity index (χ0v) is 16.3. The summed E-state index contributed by atoms with van der Waals surface area (Å²) in [4.78, 5) is 12.0. The Bertz CT molecular complexity index is 629. The van der Waals surface area contributed by atoms with Crippen LogP contribution in [-0.2, 0) is 14.1 Å². The lowest BCUT2D eigenvalue weighted by molar-refractivity contribution is -0.149. The van der Waals surface area contributed by atoms with Gasteiger partial charge in [0.25, 0.3) is 0 Å². The van der Waals surface area contributed by atoms with Gasteiger partial charge in [0, 0.05) is 5.41 Å². The largest absolute Gasteiger partial charge is 0.462 e. The van der Waals surface area contributed by atoms with Crippen molar-refractivity contribution in [1.82, 2.24) is 5.09 Å². The monoisotopic (exact) mass is 377 g/mol. The Morgan fingerprint density at radius 2 is 1.64 bits per heavy atom. The maximum atomic E-state index is 14.9. The van der Waals surface area contributed by atoms with E-state index in [1.54, 1.807) is 32.0 Å². The Labute approximate surface area is 147 Å². The highest BCUT2D eigenvalue weighted by Gasteiger charge is 2.61. The van der Waals surface area contributed by atoms with Gasteiger partial charge in [0.15, 0.2) is 0 Å². The van der Waals surface area contributed by atoms with E-state index in [9.17, 15) is 18.1 Å². The molecule has 0 fully saturated rings. The number of nitrogens with one attached hydrogen (secondary N) is 1. The van der Waals surface area contributed by atoms with Crippen LogP contribution in [0.1, 0.15) is 41.5 Å². The summed E-state index contributed by atoms with van der Waals surface area (Å²) < 4.78 is 53.2. The van der Waals surface area contributed by atoms with Gasteiger partial charge in [-0.25, -0.2) is 5.09 Å². The molecular formula is C17H26F2NO4P. The molecule has 5 nitrogen and oxygen atoms in total. The van der Waals surface area contributed by atoms with Gasteiger partial charge in [-0.1, -0.05) is 39.0 Å². The first-order valence-corrected chi connectivity index (χ1v) is 9.63. The lowest BCUT2D eigenvalue weighted by Crippen LogP contribution is -2.45. The first-order valence-electron chi connectivity index (χ1n) is 8.01. The van der Waals surface area contributed by atoms with Crippen molar-refractivity contribution >= 4 is 13.5 Å². The van der Waals surface area contributed by atoms with Gasteiger partial charge in [0.05, 0.1) is 6.10 Å². The topological polar surface area (TPSA) is 64.6 Å². The van der Waals surface area contributed by atoms with E-state index >= 15 is 0 Å². The van der Waals surface area contributed by atoms with E-state index < -0.39 is 36.7 Å². The average Bonchev–Trinajstić information content (AvgIpc) is 2.46. The third-order valence-electron chi connectivity index (χ3n) is 3.32. The molecule has 25 heavy (non-hydrogen) atoms. The number of rotatable bonds is 7. The molecule has 0 aliphatic carbocycles. The molecule has 0 amide bonds. The van der Waals surface area contributed by atoms with Gasteiger partial charge in [-0.15, -0.1) is 0 Å². The number of halogens is 2. The second kappa shape index (κ2) is 7.83. The SMILES string of the molecule is CC(C)OC(=O)C(C)NP(=O)(Oc1ccccc1)C(F)(F)C(C)(C)C. The Hall–Kier alpha value is -1.46. The van der Waals surface area contributed by atoms with Gasteiger partial charge >= 0.3 is 19.2 Å². The van der Waals surface area contributed by atoms with Crippen molar-refractivity contribution in [1.29, 1.82) is 0 Å². The maximum Gasteiger partial charge on any atom is 0.386 e. The molecule has 0 aliphatic heterocycles. The molecule has 0 aliphatic rings. The van der Waals surface area contributed by atoms with Crippen molar-refractivity contribution < 1.29 is 27.4 Å². The quantitative estimate of drug-likeness (QED) is 0.545. The fourth-order valence-electron chi connectivity index (χ4n) is 1.88. The van der Waals surface area contributed by atoms with Crippen LogP contribution >= 0.6 is 7.52 Å². The fraction of sp³-hybridized carbons (Fsp3) is 0.588. The van der Waals surface area contributed by atoms with E-state index in [0.29, 0.717) is 0 Å². The number of carbonyl (C=O) groups excluding carboxylic acids is 1. The molecule has 1 aromatic rings. The highest BCUT2D eigenvalue weighted by molar-refractivity contribution is 7.58. The number of benzene rings is 1. The molecule has 1 rings (SSSR count). The number of para-hydroxylation sites is 1. The van der Waals surface area contributed by atoms with Crippen LogP contribution in [0.4, 0.5) is 8.78 Å². The van der Waals surface area contributed by atoms with Crippen LogP contribution in [-0.4, -0.2) is 23.8 Å². The van der Waals surface area contributed by atoms with Crippen LogP contribution in [0.25, 0.3) is 0 Å². The highest BCUT2D eigenvalue weighted by atomic mass is 31.2. The first-order chi connectivity index (χ1) is 11.3. The smallest absolute Gasteiger partial charge is 0.386 e. The average molecular weight is 377 g/mol. The molecule has 8 heteroatoms. The molecule has 0 spiro atoms. The Balaban J connectivity index is 3.20. The fourth-order valence-corrected chi connectivity index (χ4v) is 4.12. The van der Waals surface area contributed by atoms with Gasteiger partial charge in [-0.3, -0.25) is 9.36 Å². The van der Waals surface area contributed by atoms with Crippen LogP contribution in [0.3, 0.4) is 0 Å². The lowest BCUT2D eigenvalue weighted by atomic mass is 9.97. The number of esters is 1. The van der Waals surface area contributed by atoms with Gasteiger partial charge in [-0.05, 0) is 32.9 Å². The van der Waals surface area contributed by atoms with E-state index in [1.807, 2.05) is 0 Å².